The van der Waals surface area contributed by atoms with E-state index in [9.17, 15) is 4.79 Å². The SMILES string of the molecule is CN(C)c1cnn(Cc2cnc(Cl)cn2)c(=O)c1. The first-order valence-corrected chi connectivity index (χ1v) is 5.65. The minimum absolute atomic E-state index is 0.182. The Bertz CT molecular complexity index is 593. The highest BCUT2D eigenvalue weighted by molar-refractivity contribution is 6.29. The van der Waals surface area contributed by atoms with Gasteiger partial charge in [-0.1, -0.05) is 11.6 Å². The van der Waals surface area contributed by atoms with E-state index in [1.807, 2.05) is 19.0 Å². The molecule has 94 valence electrons. The van der Waals surface area contributed by atoms with Crippen molar-refractivity contribution in [3.63, 3.8) is 0 Å². The highest BCUT2D eigenvalue weighted by Crippen LogP contribution is 2.05. The van der Waals surface area contributed by atoms with Gasteiger partial charge in [-0.15, -0.1) is 0 Å². The van der Waals surface area contributed by atoms with E-state index in [2.05, 4.69) is 15.1 Å². The molecule has 0 unspecified atom stereocenters. The van der Waals surface area contributed by atoms with Crippen molar-refractivity contribution in [3.05, 3.63) is 45.9 Å². The number of aromatic nitrogens is 4. The number of rotatable bonds is 3. The van der Waals surface area contributed by atoms with Crippen LogP contribution in [0, 0.1) is 0 Å². The minimum Gasteiger partial charge on any atom is -0.376 e. The van der Waals surface area contributed by atoms with Gasteiger partial charge in [-0.05, 0) is 0 Å². The number of hydrogen-bond acceptors (Lipinski definition) is 5. The van der Waals surface area contributed by atoms with Gasteiger partial charge in [0.15, 0.2) is 0 Å². The molecule has 0 fully saturated rings. The van der Waals surface area contributed by atoms with Gasteiger partial charge < -0.3 is 4.90 Å². The number of anilines is 1. The van der Waals surface area contributed by atoms with Crippen LogP contribution in [0.5, 0.6) is 0 Å². The van der Waals surface area contributed by atoms with Gasteiger partial charge >= 0.3 is 0 Å². The predicted molar refractivity (Wildman–Crippen MR) is 69.0 cm³/mol. The molecule has 0 bridgehead atoms. The molecule has 0 aromatic carbocycles. The molecule has 0 atom stereocenters. The van der Waals surface area contributed by atoms with Gasteiger partial charge in [-0.25, -0.2) is 9.67 Å². The fourth-order valence-corrected chi connectivity index (χ4v) is 1.46. The molecule has 2 aromatic heterocycles. The smallest absolute Gasteiger partial charge is 0.269 e. The molecule has 0 radical (unpaired) electrons. The van der Waals surface area contributed by atoms with Crippen LogP contribution in [-0.4, -0.2) is 33.8 Å². The van der Waals surface area contributed by atoms with E-state index in [-0.39, 0.29) is 12.1 Å². The standard InChI is InChI=1S/C11H12ClN5O/c1-16(2)9-3-11(18)17(15-5-9)7-8-4-14-10(12)6-13-8/h3-6H,7H2,1-2H3. The summed E-state index contributed by atoms with van der Waals surface area (Å²) in [5.74, 6) is 0. The second-order valence-corrected chi connectivity index (χ2v) is 4.32. The minimum atomic E-state index is -0.182. The van der Waals surface area contributed by atoms with Crippen LogP contribution in [0.1, 0.15) is 5.69 Å². The maximum absolute atomic E-state index is 11.8. The molecule has 7 heteroatoms. The van der Waals surface area contributed by atoms with Crippen LogP contribution in [0.4, 0.5) is 5.69 Å². The lowest BCUT2D eigenvalue weighted by Crippen LogP contribution is -2.25. The number of halogens is 1. The summed E-state index contributed by atoms with van der Waals surface area (Å²) < 4.78 is 1.32. The summed E-state index contributed by atoms with van der Waals surface area (Å²) in [6.07, 6.45) is 4.59. The lowest BCUT2D eigenvalue weighted by atomic mass is 10.4. The molecule has 0 aliphatic heterocycles. The Morgan fingerprint density at radius 1 is 1.28 bits per heavy atom. The van der Waals surface area contributed by atoms with Crippen molar-refractivity contribution in [2.75, 3.05) is 19.0 Å². The van der Waals surface area contributed by atoms with Gasteiger partial charge in [0, 0.05) is 20.2 Å². The predicted octanol–water partition coefficient (Wildman–Crippen LogP) is 0.801. The van der Waals surface area contributed by atoms with Gasteiger partial charge in [0.2, 0.25) is 0 Å². The molecule has 18 heavy (non-hydrogen) atoms. The first-order chi connectivity index (χ1) is 8.56. The zero-order chi connectivity index (χ0) is 13.1. The third kappa shape index (κ3) is 2.84. The van der Waals surface area contributed by atoms with Crippen LogP contribution >= 0.6 is 11.6 Å². The summed E-state index contributed by atoms with van der Waals surface area (Å²) in [5.41, 5.74) is 1.21. The van der Waals surface area contributed by atoms with Crippen molar-refractivity contribution in [2.24, 2.45) is 0 Å². The maximum atomic E-state index is 11.8. The van der Waals surface area contributed by atoms with Gasteiger partial charge in [0.25, 0.3) is 5.56 Å². The van der Waals surface area contributed by atoms with Crippen molar-refractivity contribution >= 4 is 17.3 Å². The van der Waals surface area contributed by atoms with Crippen LogP contribution in [0.15, 0.2) is 29.5 Å². The quantitative estimate of drug-likeness (QED) is 0.821. The lowest BCUT2D eigenvalue weighted by molar-refractivity contribution is 0.625. The Labute approximate surface area is 109 Å². The number of hydrogen-bond donors (Lipinski definition) is 0. The summed E-state index contributed by atoms with van der Waals surface area (Å²) in [7, 11) is 3.71. The number of nitrogens with zero attached hydrogens (tertiary/aromatic N) is 5. The lowest BCUT2D eigenvalue weighted by Gasteiger charge is -2.12. The van der Waals surface area contributed by atoms with Crippen molar-refractivity contribution in [1.82, 2.24) is 19.7 Å². The van der Waals surface area contributed by atoms with Crippen LogP contribution in [0.3, 0.4) is 0 Å². The van der Waals surface area contributed by atoms with Crippen molar-refractivity contribution in [2.45, 2.75) is 6.54 Å². The van der Waals surface area contributed by atoms with Crippen molar-refractivity contribution < 1.29 is 0 Å². The summed E-state index contributed by atoms with van der Waals surface area (Å²) in [6, 6.07) is 1.52. The summed E-state index contributed by atoms with van der Waals surface area (Å²) in [5, 5.41) is 4.40. The average molecular weight is 266 g/mol. The van der Waals surface area contributed by atoms with E-state index in [0.717, 1.165) is 5.69 Å². The molecule has 2 rings (SSSR count). The molecule has 0 N–H and O–H groups in total. The molecule has 0 amide bonds. The molecule has 6 nitrogen and oxygen atoms in total. The summed E-state index contributed by atoms with van der Waals surface area (Å²) >= 11 is 5.64. The molecule has 0 saturated heterocycles. The van der Waals surface area contributed by atoms with Crippen LogP contribution < -0.4 is 10.5 Å². The zero-order valence-electron chi connectivity index (χ0n) is 10.0. The first-order valence-electron chi connectivity index (χ1n) is 5.27. The van der Waals surface area contributed by atoms with E-state index >= 15 is 0 Å². The zero-order valence-corrected chi connectivity index (χ0v) is 10.8. The topological polar surface area (TPSA) is 63.9 Å². The normalized spacial score (nSPS) is 10.4. The van der Waals surface area contributed by atoms with Crippen LogP contribution in [-0.2, 0) is 6.54 Å². The second-order valence-electron chi connectivity index (χ2n) is 3.93. The van der Waals surface area contributed by atoms with Crippen molar-refractivity contribution in [1.29, 1.82) is 0 Å². The Kier molecular flexibility index (Phi) is 3.57. The largest absolute Gasteiger partial charge is 0.376 e. The molecule has 2 aromatic rings. The highest BCUT2D eigenvalue weighted by atomic mass is 35.5. The molecule has 0 aliphatic carbocycles. The molecule has 0 aliphatic rings. The summed E-state index contributed by atoms with van der Waals surface area (Å²) in [4.78, 5) is 21.6. The molecule has 0 spiro atoms. The Hall–Kier alpha value is -1.95. The molecule has 2 heterocycles. The van der Waals surface area contributed by atoms with E-state index in [1.54, 1.807) is 6.20 Å². The van der Waals surface area contributed by atoms with Gasteiger partial charge in [0.1, 0.15) is 5.15 Å². The first kappa shape index (κ1) is 12.5. The second kappa shape index (κ2) is 5.14. The summed E-state index contributed by atoms with van der Waals surface area (Å²) in [6.45, 7) is 0.275. The average Bonchev–Trinajstić information content (AvgIpc) is 2.34. The van der Waals surface area contributed by atoms with E-state index in [1.165, 1.54) is 23.1 Å². The van der Waals surface area contributed by atoms with Gasteiger partial charge in [0.05, 0.1) is 36.5 Å². The van der Waals surface area contributed by atoms with Crippen molar-refractivity contribution in [3.8, 4) is 0 Å². The fourth-order valence-electron chi connectivity index (χ4n) is 1.36. The molecule has 0 saturated carbocycles. The Balaban J connectivity index is 2.25. The maximum Gasteiger partial charge on any atom is 0.269 e. The third-order valence-corrected chi connectivity index (χ3v) is 2.55. The van der Waals surface area contributed by atoms with Gasteiger partial charge in [-0.3, -0.25) is 9.78 Å². The van der Waals surface area contributed by atoms with E-state index in [4.69, 9.17) is 11.6 Å². The van der Waals surface area contributed by atoms with Crippen LogP contribution in [0.25, 0.3) is 0 Å². The Morgan fingerprint density at radius 3 is 2.61 bits per heavy atom. The monoisotopic (exact) mass is 265 g/mol. The van der Waals surface area contributed by atoms with Crippen LogP contribution in [0.2, 0.25) is 5.15 Å². The third-order valence-electron chi connectivity index (χ3n) is 2.36. The Morgan fingerprint density at radius 2 is 2.06 bits per heavy atom. The van der Waals surface area contributed by atoms with E-state index < -0.39 is 0 Å². The molecular weight excluding hydrogens is 254 g/mol. The van der Waals surface area contributed by atoms with E-state index in [0.29, 0.717) is 10.8 Å². The van der Waals surface area contributed by atoms with Gasteiger partial charge in [-0.2, -0.15) is 5.10 Å². The molecular formula is C11H12ClN5O. The fraction of sp³-hybridized carbons (Fsp3) is 0.273. The highest BCUT2D eigenvalue weighted by Gasteiger charge is 2.04.